The number of benzene rings is 2. The third-order valence-corrected chi connectivity index (χ3v) is 6.21. The average molecular weight is 433 g/mol. The van der Waals surface area contributed by atoms with Crippen LogP contribution in [0.5, 0.6) is 5.75 Å². The minimum atomic E-state index is -0.173. The lowest BCUT2D eigenvalue weighted by molar-refractivity contribution is 0.0920. The van der Waals surface area contributed by atoms with Crippen LogP contribution in [-0.2, 0) is 19.4 Å². The van der Waals surface area contributed by atoms with Gasteiger partial charge in [-0.1, -0.05) is 48.5 Å². The second-order valence-electron chi connectivity index (χ2n) is 8.49. The van der Waals surface area contributed by atoms with Crippen LogP contribution in [0.15, 0.2) is 71.1 Å². The van der Waals surface area contributed by atoms with Crippen LogP contribution in [0.1, 0.15) is 40.3 Å². The normalized spacial score (nSPS) is 14.9. The van der Waals surface area contributed by atoms with E-state index in [-0.39, 0.29) is 5.91 Å². The second kappa shape index (κ2) is 11.0. The molecule has 1 aliphatic heterocycles. The van der Waals surface area contributed by atoms with Crippen LogP contribution in [0.25, 0.3) is 0 Å². The summed E-state index contributed by atoms with van der Waals surface area (Å²) in [7, 11) is 1.66. The zero-order valence-corrected chi connectivity index (χ0v) is 18.8. The molecular formula is C27H32N2O3. The number of carbonyl (C=O) groups excluding carboxylic acids is 1. The number of likely N-dealkylation sites (tertiary alicyclic amines) is 1. The summed E-state index contributed by atoms with van der Waals surface area (Å²) in [6.07, 6.45) is 4.27. The number of para-hydroxylation sites is 1. The van der Waals surface area contributed by atoms with E-state index in [4.69, 9.17) is 9.15 Å². The van der Waals surface area contributed by atoms with Crippen molar-refractivity contribution in [3.63, 3.8) is 0 Å². The maximum atomic E-state index is 12.5. The SMILES string of the molecule is COc1ccccc1CCNC(=O)c1ccc(CN2CCC(Cc3ccccc3)CC2)o1. The van der Waals surface area contributed by atoms with E-state index >= 15 is 0 Å². The molecule has 2 aromatic carbocycles. The summed E-state index contributed by atoms with van der Waals surface area (Å²) in [5.74, 6) is 2.64. The number of hydrogen-bond donors (Lipinski definition) is 1. The number of hydrogen-bond acceptors (Lipinski definition) is 4. The van der Waals surface area contributed by atoms with Crippen LogP contribution >= 0.6 is 0 Å². The molecule has 168 valence electrons. The lowest BCUT2D eigenvalue weighted by atomic mass is 9.90. The Hall–Kier alpha value is -3.05. The number of nitrogens with zero attached hydrogens (tertiary/aromatic N) is 1. The molecule has 0 saturated carbocycles. The molecule has 1 amide bonds. The first-order valence-corrected chi connectivity index (χ1v) is 11.5. The fraction of sp³-hybridized carbons (Fsp3) is 0.370. The predicted molar refractivity (Wildman–Crippen MR) is 126 cm³/mol. The Bertz CT molecular complexity index is 991. The Kier molecular flexibility index (Phi) is 7.62. The van der Waals surface area contributed by atoms with E-state index in [0.717, 1.165) is 49.0 Å². The number of piperidine rings is 1. The van der Waals surface area contributed by atoms with Gasteiger partial charge in [-0.25, -0.2) is 0 Å². The molecule has 1 aromatic heterocycles. The van der Waals surface area contributed by atoms with Gasteiger partial charge < -0.3 is 14.5 Å². The highest BCUT2D eigenvalue weighted by molar-refractivity contribution is 5.91. The third kappa shape index (κ3) is 6.01. The van der Waals surface area contributed by atoms with Crippen molar-refractivity contribution in [2.24, 2.45) is 5.92 Å². The molecule has 0 bridgehead atoms. The van der Waals surface area contributed by atoms with Crippen molar-refractivity contribution in [1.29, 1.82) is 0 Å². The molecule has 0 aliphatic carbocycles. The molecule has 5 nitrogen and oxygen atoms in total. The Morgan fingerprint density at radius 2 is 1.78 bits per heavy atom. The zero-order chi connectivity index (χ0) is 22.2. The summed E-state index contributed by atoms with van der Waals surface area (Å²) in [5.41, 5.74) is 2.50. The molecule has 1 saturated heterocycles. The van der Waals surface area contributed by atoms with Gasteiger partial charge in [0, 0.05) is 6.54 Å². The van der Waals surface area contributed by atoms with E-state index in [0.29, 0.717) is 18.7 Å². The average Bonchev–Trinajstić information content (AvgIpc) is 3.30. The lowest BCUT2D eigenvalue weighted by Crippen LogP contribution is -2.33. The fourth-order valence-corrected chi connectivity index (χ4v) is 4.41. The van der Waals surface area contributed by atoms with Gasteiger partial charge in [-0.05, 0) is 74.0 Å². The Balaban J connectivity index is 1.20. The van der Waals surface area contributed by atoms with Crippen molar-refractivity contribution in [3.05, 3.63) is 89.4 Å². The first-order valence-electron chi connectivity index (χ1n) is 11.5. The van der Waals surface area contributed by atoms with Gasteiger partial charge in [0.05, 0.1) is 13.7 Å². The number of carbonyl (C=O) groups is 1. The molecule has 0 atom stereocenters. The van der Waals surface area contributed by atoms with Gasteiger partial charge in [0.25, 0.3) is 5.91 Å². The first-order chi connectivity index (χ1) is 15.7. The highest BCUT2D eigenvalue weighted by Crippen LogP contribution is 2.23. The van der Waals surface area contributed by atoms with Gasteiger partial charge in [0.1, 0.15) is 11.5 Å². The highest BCUT2D eigenvalue weighted by Gasteiger charge is 2.21. The molecule has 32 heavy (non-hydrogen) atoms. The van der Waals surface area contributed by atoms with Crippen molar-refractivity contribution in [1.82, 2.24) is 10.2 Å². The van der Waals surface area contributed by atoms with E-state index in [1.54, 1.807) is 13.2 Å². The van der Waals surface area contributed by atoms with Crippen LogP contribution in [0.3, 0.4) is 0 Å². The quantitative estimate of drug-likeness (QED) is 0.532. The standard InChI is InChI=1S/C27H32N2O3/c1-31-25-10-6-5-9-23(25)13-16-28-27(30)26-12-11-24(32-26)20-29-17-14-22(15-18-29)19-21-7-3-2-4-8-21/h2-12,22H,13-20H2,1H3,(H,28,30). The minimum Gasteiger partial charge on any atom is -0.496 e. The molecule has 3 aromatic rings. The number of rotatable bonds is 9. The summed E-state index contributed by atoms with van der Waals surface area (Å²) >= 11 is 0. The Morgan fingerprint density at radius 1 is 1.03 bits per heavy atom. The fourth-order valence-electron chi connectivity index (χ4n) is 4.41. The Labute approximate surface area is 190 Å². The maximum Gasteiger partial charge on any atom is 0.287 e. The van der Waals surface area contributed by atoms with Gasteiger partial charge >= 0.3 is 0 Å². The summed E-state index contributed by atoms with van der Waals surface area (Å²) in [6.45, 7) is 3.42. The third-order valence-electron chi connectivity index (χ3n) is 6.21. The van der Waals surface area contributed by atoms with Crippen molar-refractivity contribution >= 4 is 5.91 Å². The van der Waals surface area contributed by atoms with Crippen molar-refractivity contribution in [3.8, 4) is 5.75 Å². The van der Waals surface area contributed by atoms with Gasteiger partial charge in [0.15, 0.2) is 5.76 Å². The summed E-state index contributed by atoms with van der Waals surface area (Å²) in [4.78, 5) is 14.9. The molecule has 0 radical (unpaired) electrons. The molecule has 1 aliphatic rings. The zero-order valence-electron chi connectivity index (χ0n) is 18.8. The molecule has 2 heterocycles. The first kappa shape index (κ1) is 22.2. The van der Waals surface area contributed by atoms with E-state index in [9.17, 15) is 4.79 Å². The van der Waals surface area contributed by atoms with E-state index in [2.05, 4.69) is 40.5 Å². The van der Waals surface area contributed by atoms with Gasteiger partial charge in [-0.2, -0.15) is 0 Å². The molecule has 0 spiro atoms. The number of nitrogens with one attached hydrogen (secondary N) is 1. The van der Waals surface area contributed by atoms with Crippen LogP contribution in [0.2, 0.25) is 0 Å². The summed E-state index contributed by atoms with van der Waals surface area (Å²) in [5, 5.41) is 2.94. The van der Waals surface area contributed by atoms with Crippen molar-refractivity contribution < 1.29 is 13.9 Å². The van der Waals surface area contributed by atoms with Crippen LogP contribution in [0.4, 0.5) is 0 Å². The van der Waals surface area contributed by atoms with Crippen molar-refractivity contribution in [2.75, 3.05) is 26.7 Å². The molecule has 1 fully saturated rings. The molecular weight excluding hydrogens is 400 g/mol. The van der Waals surface area contributed by atoms with E-state index < -0.39 is 0 Å². The summed E-state index contributed by atoms with van der Waals surface area (Å²) < 4.78 is 11.2. The predicted octanol–water partition coefficient (Wildman–Crippen LogP) is 4.72. The largest absolute Gasteiger partial charge is 0.496 e. The Morgan fingerprint density at radius 3 is 2.56 bits per heavy atom. The maximum absolute atomic E-state index is 12.5. The van der Waals surface area contributed by atoms with Crippen LogP contribution in [-0.4, -0.2) is 37.6 Å². The van der Waals surface area contributed by atoms with Crippen LogP contribution in [0, 0.1) is 5.92 Å². The smallest absolute Gasteiger partial charge is 0.287 e. The van der Waals surface area contributed by atoms with E-state index in [1.807, 2.05) is 30.3 Å². The number of furan rings is 1. The number of ether oxygens (including phenoxy) is 1. The second-order valence-corrected chi connectivity index (χ2v) is 8.49. The van der Waals surface area contributed by atoms with Gasteiger partial charge in [-0.3, -0.25) is 9.69 Å². The number of amides is 1. The van der Waals surface area contributed by atoms with Crippen molar-refractivity contribution in [2.45, 2.75) is 32.2 Å². The van der Waals surface area contributed by atoms with E-state index in [1.165, 1.54) is 18.4 Å². The van der Waals surface area contributed by atoms with Gasteiger partial charge in [-0.15, -0.1) is 0 Å². The van der Waals surface area contributed by atoms with Gasteiger partial charge in [0.2, 0.25) is 0 Å². The van der Waals surface area contributed by atoms with Crippen LogP contribution < -0.4 is 10.1 Å². The molecule has 4 rings (SSSR count). The lowest BCUT2D eigenvalue weighted by Gasteiger charge is -2.31. The number of methoxy groups -OCH3 is 1. The topological polar surface area (TPSA) is 54.7 Å². The molecule has 5 heteroatoms. The highest BCUT2D eigenvalue weighted by atomic mass is 16.5. The monoisotopic (exact) mass is 432 g/mol. The molecule has 1 N–H and O–H groups in total. The molecule has 0 unspecified atom stereocenters. The summed E-state index contributed by atoms with van der Waals surface area (Å²) in [6, 6.07) is 22.3. The minimum absolute atomic E-state index is 0.173.